The molecule has 5 nitrogen and oxygen atoms in total. The number of hydrogen-bond acceptors (Lipinski definition) is 3. The monoisotopic (exact) mass is 383 g/mol. The Morgan fingerprint density at radius 1 is 1.18 bits per heavy atom. The molecule has 0 atom stereocenters. The number of aliphatic imine (C=N–C) groups is 1. The highest BCUT2D eigenvalue weighted by Crippen LogP contribution is 2.19. The van der Waals surface area contributed by atoms with Crippen molar-refractivity contribution in [3.63, 3.8) is 0 Å². The lowest BCUT2D eigenvalue weighted by Gasteiger charge is -2.34. The Kier molecular flexibility index (Phi) is 7.78. The third kappa shape index (κ3) is 6.26. The van der Waals surface area contributed by atoms with E-state index in [1.807, 2.05) is 0 Å². The van der Waals surface area contributed by atoms with Crippen LogP contribution in [0.25, 0.3) is 0 Å². The van der Waals surface area contributed by atoms with E-state index >= 15 is 0 Å². The average molecular weight is 384 g/mol. The normalized spacial score (nSPS) is 18.9. The summed E-state index contributed by atoms with van der Waals surface area (Å²) in [4.78, 5) is 9.83. The minimum absolute atomic E-state index is 0.517. The van der Waals surface area contributed by atoms with Crippen LogP contribution in [0, 0.1) is 5.92 Å². The smallest absolute Gasteiger partial charge is 0.191 e. The van der Waals surface area contributed by atoms with Gasteiger partial charge in [-0.25, -0.2) is 4.99 Å². The topological polar surface area (TPSA) is 42.9 Å². The number of nitrogens with one attached hydrogen (secondary N) is 2. The number of piperidine rings is 1. The molecule has 0 amide bonds. The van der Waals surface area contributed by atoms with Gasteiger partial charge in [-0.2, -0.15) is 0 Å². The second-order valence-electron chi connectivity index (χ2n) is 8.35. The van der Waals surface area contributed by atoms with Gasteiger partial charge < -0.3 is 20.4 Å². The van der Waals surface area contributed by atoms with E-state index in [1.54, 1.807) is 0 Å². The van der Waals surface area contributed by atoms with Crippen LogP contribution in [0.15, 0.2) is 41.4 Å². The first-order chi connectivity index (χ1) is 13.6. The highest BCUT2D eigenvalue weighted by Gasteiger charge is 2.20. The molecule has 0 radical (unpaired) electrons. The van der Waals surface area contributed by atoms with Gasteiger partial charge in [0.1, 0.15) is 0 Å². The Bertz CT molecular complexity index is 651. The van der Waals surface area contributed by atoms with Gasteiger partial charge in [-0.15, -0.1) is 0 Å². The maximum absolute atomic E-state index is 4.86. The van der Waals surface area contributed by atoms with E-state index in [0.717, 1.165) is 31.5 Å². The molecule has 2 heterocycles. The van der Waals surface area contributed by atoms with Gasteiger partial charge in [0, 0.05) is 51.0 Å². The highest BCUT2D eigenvalue weighted by molar-refractivity contribution is 5.80. The van der Waals surface area contributed by atoms with E-state index in [0.29, 0.717) is 12.6 Å². The van der Waals surface area contributed by atoms with Crippen molar-refractivity contribution in [2.75, 3.05) is 44.2 Å². The minimum Gasteiger partial charge on any atom is -0.364 e. The van der Waals surface area contributed by atoms with Crippen LogP contribution in [-0.4, -0.2) is 56.2 Å². The van der Waals surface area contributed by atoms with E-state index < -0.39 is 0 Å². The number of likely N-dealkylation sites (tertiary alicyclic amines) is 1. The van der Waals surface area contributed by atoms with Gasteiger partial charge in [0.15, 0.2) is 5.96 Å². The maximum atomic E-state index is 4.86. The van der Waals surface area contributed by atoms with Crippen molar-refractivity contribution < 1.29 is 0 Å². The second kappa shape index (κ2) is 10.5. The first-order valence-electron chi connectivity index (χ1n) is 10.9. The molecule has 0 aliphatic carbocycles. The first-order valence-corrected chi connectivity index (χ1v) is 10.9. The fourth-order valence-corrected chi connectivity index (χ4v) is 4.00. The molecule has 0 spiro atoms. The van der Waals surface area contributed by atoms with Crippen LogP contribution < -0.4 is 15.5 Å². The first kappa shape index (κ1) is 20.7. The van der Waals surface area contributed by atoms with Crippen molar-refractivity contribution in [2.24, 2.45) is 10.9 Å². The lowest BCUT2D eigenvalue weighted by Crippen LogP contribution is -2.49. The summed E-state index contributed by atoms with van der Waals surface area (Å²) in [5.74, 6) is 1.69. The molecule has 1 aromatic carbocycles. The molecular formula is C23H37N5. The Morgan fingerprint density at radius 3 is 2.61 bits per heavy atom. The lowest BCUT2D eigenvalue weighted by atomic mass is 10.0. The van der Waals surface area contributed by atoms with Crippen molar-refractivity contribution in [3.8, 4) is 0 Å². The number of nitrogens with zero attached hydrogens (tertiary/aromatic N) is 3. The molecule has 0 unspecified atom stereocenters. The largest absolute Gasteiger partial charge is 0.364 e. The number of anilines is 1. The van der Waals surface area contributed by atoms with Crippen molar-refractivity contribution in [3.05, 3.63) is 42.0 Å². The molecule has 5 heteroatoms. The molecule has 154 valence electrons. The van der Waals surface area contributed by atoms with Gasteiger partial charge in [-0.1, -0.05) is 38.1 Å². The fraction of sp³-hybridized carbons (Fsp3) is 0.609. The third-order valence-corrected chi connectivity index (χ3v) is 5.41. The van der Waals surface area contributed by atoms with E-state index in [2.05, 4.69) is 77.6 Å². The molecule has 1 fully saturated rings. The summed E-state index contributed by atoms with van der Waals surface area (Å²) in [7, 11) is 0. The van der Waals surface area contributed by atoms with Gasteiger partial charge >= 0.3 is 0 Å². The quantitative estimate of drug-likeness (QED) is 0.431. The maximum Gasteiger partial charge on any atom is 0.191 e. The fourth-order valence-electron chi connectivity index (χ4n) is 4.00. The minimum atomic E-state index is 0.517. The summed E-state index contributed by atoms with van der Waals surface area (Å²) in [6.45, 7) is 13.9. The highest BCUT2D eigenvalue weighted by atomic mass is 15.2. The predicted molar refractivity (Wildman–Crippen MR) is 120 cm³/mol. The van der Waals surface area contributed by atoms with Crippen molar-refractivity contribution in [1.29, 1.82) is 0 Å². The van der Waals surface area contributed by atoms with Crippen LogP contribution in [0.5, 0.6) is 0 Å². The molecule has 28 heavy (non-hydrogen) atoms. The standard InChI is InChI=1S/C23H37N5/c1-4-24-23(26-21-10-14-27(15-11-21)18-19(2)3)25-17-20-8-7-9-22(16-20)28-12-5-6-13-28/h5-9,16,19,21H,4,10-15,17-18H2,1-3H3,(H2,24,25,26). The van der Waals surface area contributed by atoms with Gasteiger partial charge in [0.2, 0.25) is 0 Å². The zero-order valence-electron chi connectivity index (χ0n) is 17.8. The molecule has 2 N–H and O–H groups in total. The zero-order valence-corrected chi connectivity index (χ0v) is 17.8. The van der Waals surface area contributed by atoms with E-state index in [9.17, 15) is 0 Å². The summed E-state index contributed by atoms with van der Waals surface area (Å²) in [5.41, 5.74) is 2.54. The summed E-state index contributed by atoms with van der Waals surface area (Å²) < 4.78 is 0. The summed E-state index contributed by atoms with van der Waals surface area (Å²) in [5, 5.41) is 7.08. The van der Waals surface area contributed by atoms with Crippen LogP contribution in [0.2, 0.25) is 0 Å². The van der Waals surface area contributed by atoms with Crippen molar-refractivity contribution >= 4 is 11.6 Å². The van der Waals surface area contributed by atoms with E-state index in [4.69, 9.17) is 4.99 Å². The Morgan fingerprint density at radius 2 is 1.93 bits per heavy atom. The molecule has 1 aromatic rings. The number of rotatable bonds is 7. The van der Waals surface area contributed by atoms with Gasteiger partial charge in [-0.3, -0.25) is 0 Å². The number of hydrogen-bond donors (Lipinski definition) is 2. The van der Waals surface area contributed by atoms with Crippen LogP contribution in [0.4, 0.5) is 5.69 Å². The van der Waals surface area contributed by atoms with Crippen LogP contribution in [0.3, 0.4) is 0 Å². The number of benzene rings is 1. The molecule has 0 aromatic heterocycles. The second-order valence-corrected chi connectivity index (χ2v) is 8.35. The molecule has 0 saturated carbocycles. The van der Waals surface area contributed by atoms with Gasteiger partial charge in [0.05, 0.1) is 6.54 Å². The molecule has 2 aliphatic heterocycles. The Hall–Kier alpha value is -2.01. The number of guanidine groups is 1. The van der Waals surface area contributed by atoms with Crippen LogP contribution in [0.1, 0.15) is 39.2 Å². The van der Waals surface area contributed by atoms with Gasteiger partial charge in [-0.05, 0) is 43.4 Å². The molecule has 0 bridgehead atoms. The van der Waals surface area contributed by atoms with E-state index in [1.165, 1.54) is 43.7 Å². The van der Waals surface area contributed by atoms with E-state index in [-0.39, 0.29) is 0 Å². The molecular weight excluding hydrogens is 346 g/mol. The summed E-state index contributed by atoms with van der Waals surface area (Å²) in [6, 6.07) is 9.29. The van der Waals surface area contributed by atoms with Crippen molar-refractivity contribution in [1.82, 2.24) is 15.5 Å². The Balaban J connectivity index is 1.54. The van der Waals surface area contributed by atoms with Gasteiger partial charge in [0.25, 0.3) is 0 Å². The molecule has 2 aliphatic rings. The van der Waals surface area contributed by atoms with Crippen molar-refractivity contribution in [2.45, 2.75) is 46.2 Å². The zero-order chi connectivity index (χ0) is 19.8. The molecule has 1 saturated heterocycles. The summed E-state index contributed by atoms with van der Waals surface area (Å²) >= 11 is 0. The lowest BCUT2D eigenvalue weighted by molar-refractivity contribution is 0.187. The van der Waals surface area contributed by atoms with Crippen LogP contribution in [-0.2, 0) is 6.54 Å². The average Bonchev–Trinajstić information content (AvgIpc) is 3.22. The summed E-state index contributed by atoms with van der Waals surface area (Å²) in [6.07, 6.45) is 6.83. The Labute approximate surface area is 170 Å². The third-order valence-electron chi connectivity index (χ3n) is 5.41. The SMILES string of the molecule is CCNC(=NCc1cccc(N2CC=CC2)c1)NC1CCN(CC(C)C)CC1. The van der Waals surface area contributed by atoms with Crippen LogP contribution >= 0.6 is 0 Å². The predicted octanol–water partition coefficient (Wildman–Crippen LogP) is 3.24. The molecule has 3 rings (SSSR count).